The van der Waals surface area contributed by atoms with E-state index in [1.807, 2.05) is 0 Å². The third-order valence-electron chi connectivity index (χ3n) is 2.66. The van der Waals surface area contributed by atoms with Gasteiger partial charge in [0.2, 0.25) is 0 Å². The molecule has 8 heteroatoms. The number of methoxy groups -OCH3 is 1. The lowest BCUT2D eigenvalue weighted by molar-refractivity contribution is -0.385. The molecule has 1 aromatic carbocycles. The molecule has 0 aliphatic rings. The van der Waals surface area contributed by atoms with Gasteiger partial charge in [-0.3, -0.25) is 14.9 Å². The maximum absolute atomic E-state index is 12.6. The maximum Gasteiger partial charge on any atom is 0.416 e. The molecule has 0 saturated carbocycles. The Balaban J connectivity index is 2.95. The minimum atomic E-state index is -4.56. The minimum Gasteiger partial charge on any atom is -0.469 e. The van der Waals surface area contributed by atoms with Crippen molar-refractivity contribution in [1.29, 1.82) is 0 Å². The minimum absolute atomic E-state index is 0.00463. The molecule has 110 valence electrons. The van der Waals surface area contributed by atoms with Crippen LogP contribution >= 0.6 is 0 Å². The van der Waals surface area contributed by atoms with Gasteiger partial charge in [-0.1, -0.05) is 0 Å². The molecule has 0 bridgehead atoms. The number of alkyl halides is 3. The summed E-state index contributed by atoms with van der Waals surface area (Å²) in [5.41, 5.74) is -1.38. The summed E-state index contributed by atoms with van der Waals surface area (Å²) < 4.78 is 42.1. The molecule has 0 aliphatic heterocycles. The first-order valence-corrected chi connectivity index (χ1v) is 5.67. The highest BCUT2D eigenvalue weighted by Gasteiger charge is 2.32. The van der Waals surface area contributed by atoms with E-state index in [4.69, 9.17) is 0 Å². The summed E-state index contributed by atoms with van der Waals surface area (Å²) in [6.07, 6.45) is -4.40. The number of halogens is 3. The molecular weight excluding hydrogens is 279 g/mol. The van der Waals surface area contributed by atoms with E-state index in [0.29, 0.717) is 6.07 Å². The Morgan fingerprint density at radius 3 is 2.55 bits per heavy atom. The third kappa shape index (κ3) is 4.22. The maximum atomic E-state index is 12.6. The number of nitro benzene ring substituents is 1. The first-order chi connectivity index (χ1) is 9.25. The number of hydrogen-bond donors (Lipinski definition) is 0. The second-order valence-electron chi connectivity index (χ2n) is 4.03. The SMILES string of the molecule is COC(=O)CCCc1cc(C(F)(F)F)ccc1[N+](=O)[O-]. The number of esters is 1. The van der Waals surface area contributed by atoms with Crippen LogP contribution in [0.5, 0.6) is 0 Å². The standard InChI is InChI=1S/C12H12F3NO4/c1-20-11(17)4-2-3-8-7-9(12(13,14)15)5-6-10(8)16(18)19/h5-7H,2-4H2,1H3. The summed E-state index contributed by atoms with van der Waals surface area (Å²) in [4.78, 5) is 20.9. The molecule has 0 radical (unpaired) electrons. The van der Waals surface area contributed by atoms with Crippen molar-refractivity contribution in [2.45, 2.75) is 25.4 Å². The van der Waals surface area contributed by atoms with Crippen molar-refractivity contribution in [3.8, 4) is 0 Å². The predicted molar refractivity (Wildman–Crippen MR) is 63.1 cm³/mol. The Morgan fingerprint density at radius 1 is 1.40 bits per heavy atom. The van der Waals surface area contributed by atoms with Gasteiger partial charge in [0.15, 0.2) is 0 Å². The summed E-state index contributed by atoms with van der Waals surface area (Å²) in [6, 6.07) is 2.24. The normalized spacial score (nSPS) is 11.2. The Bertz CT molecular complexity index is 514. The fourth-order valence-corrected chi connectivity index (χ4v) is 1.67. The Hall–Kier alpha value is -2.12. The van der Waals surface area contributed by atoms with Crippen LogP contribution in [0.15, 0.2) is 18.2 Å². The number of benzene rings is 1. The zero-order chi connectivity index (χ0) is 15.3. The van der Waals surface area contributed by atoms with Gasteiger partial charge in [0.25, 0.3) is 5.69 Å². The van der Waals surface area contributed by atoms with Crippen molar-refractivity contribution in [2.75, 3.05) is 7.11 Å². The summed E-state index contributed by atoms with van der Waals surface area (Å²) >= 11 is 0. The van der Waals surface area contributed by atoms with Crippen molar-refractivity contribution >= 4 is 11.7 Å². The van der Waals surface area contributed by atoms with Crippen LogP contribution in [0.4, 0.5) is 18.9 Å². The molecule has 0 spiro atoms. The largest absolute Gasteiger partial charge is 0.469 e. The zero-order valence-electron chi connectivity index (χ0n) is 10.6. The Morgan fingerprint density at radius 2 is 2.05 bits per heavy atom. The van der Waals surface area contributed by atoms with Gasteiger partial charge in [-0.15, -0.1) is 0 Å². The van der Waals surface area contributed by atoms with E-state index in [9.17, 15) is 28.1 Å². The number of ether oxygens (including phenoxy) is 1. The fourth-order valence-electron chi connectivity index (χ4n) is 1.67. The second kappa shape index (κ2) is 6.36. The number of hydrogen-bond acceptors (Lipinski definition) is 4. The lowest BCUT2D eigenvalue weighted by Crippen LogP contribution is -2.07. The Labute approximate surface area is 112 Å². The van der Waals surface area contributed by atoms with E-state index in [1.54, 1.807) is 0 Å². The average Bonchev–Trinajstić information content (AvgIpc) is 2.37. The van der Waals surface area contributed by atoms with E-state index in [1.165, 1.54) is 7.11 Å². The third-order valence-corrected chi connectivity index (χ3v) is 2.66. The van der Waals surface area contributed by atoms with Gasteiger partial charge in [0, 0.05) is 18.1 Å². The number of aryl methyl sites for hydroxylation is 1. The number of carbonyl (C=O) groups is 1. The first-order valence-electron chi connectivity index (χ1n) is 5.67. The molecular formula is C12H12F3NO4. The predicted octanol–water partition coefficient (Wildman–Crippen LogP) is 3.11. The monoisotopic (exact) mass is 291 g/mol. The van der Waals surface area contributed by atoms with E-state index < -0.39 is 22.6 Å². The van der Waals surface area contributed by atoms with Crippen LogP contribution in [0.25, 0.3) is 0 Å². The molecule has 0 unspecified atom stereocenters. The molecule has 0 saturated heterocycles. The van der Waals surface area contributed by atoms with Crippen LogP contribution in [0, 0.1) is 10.1 Å². The van der Waals surface area contributed by atoms with Crippen LogP contribution in [0.2, 0.25) is 0 Å². The summed E-state index contributed by atoms with van der Waals surface area (Å²) in [5.74, 6) is -0.514. The molecule has 0 fully saturated rings. The number of nitrogens with zero attached hydrogens (tertiary/aromatic N) is 1. The zero-order valence-corrected chi connectivity index (χ0v) is 10.6. The summed E-state index contributed by atoms with van der Waals surface area (Å²) in [7, 11) is 1.19. The second-order valence-corrected chi connectivity index (χ2v) is 4.03. The van der Waals surface area contributed by atoms with Crippen molar-refractivity contribution in [1.82, 2.24) is 0 Å². The molecule has 0 N–H and O–H groups in total. The van der Waals surface area contributed by atoms with Crippen LogP contribution in [-0.4, -0.2) is 18.0 Å². The molecule has 5 nitrogen and oxygen atoms in total. The van der Waals surface area contributed by atoms with E-state index in [-0.39, 0.29) is 30.5 Å². The molecule has 0 aromatic heterocycles. The van der Waals surface area contributed by atoms with E-state index in [0.717, 1.165) is 12.1 Å². The number of rotatable bonds is 5. The quantitative estimate of drug-likeness (QED) is 0.475. The molecule has 1 aromatic rings. The van der Waals surface area contributed by atoms with Gasteiger partial charge in [0.1, 0.15) is 0 Å². The van der Waals surface area contributed by atoms with Gasteiger partial charge in [-0.05, 0) is 25.0 Å². The molecule has 0 amide bonds. The fraction of sp³-hybridized carbons (Fsp3) is 0.417. The van der Waals surface area contributed by atoms with Crippen molar-refractivity contribution < 1.29 is 27.6 Å². The lowest BCUT2D eigenvalue weighted by atomic mass is 10.0. The molecule has 20 heavy (non-hydrogen) atoms. The lowest BCUT2D eigenvalue weighted by Gasteiger charge is -2.09. The van der Waals surface area contributed by atoms with Crippen molar-refractivity contribution in [3.05, 3.63) is 39.4 Å². The van der Waals surface area contributed by atoms with Crippen molar-refractivity contribution in [2.24, 2.45) is 0 Å². The van der Waals surface area contributed by atoms with Crippen LogP contribution < -0.4 is 0 Å². The summed E-state index contributed by atoms with van der Waals surface area (Å²) in [5, 5.41) is 10.8. The van der Waals surface area contributed by atoms with E-state index in [2.05, 4.69) is 4.74 Å². The van der Waals surface area contributed by atoms with Crippen LogP contribution in [-0.2, 0) is 22.1 Å². The summed E-state index contributed by atoms with van der Waals surface area (Å²) in [6.45, 7) is 0. The highest BCUT2D eigenvalue weighted by molar-refractivity contribution is 5.69. The topological polar surface area (TPSA) is 69.4 Å². The van der Waals surface area contributed by atoms with Gasteiger partial charge >= 0.3 is 12.1 Å². The Kier molecular flexibility index (Phi) is 5.06. The van der Waals surface area contributed by atoms with Crippen LogP contribution in [0.3, 0.4) is 0 Å². The van der Waals surface area contributed by atoms with Gasteiger partial charge < -0.3 is 4.74 Å². The van der Waals surface area contributed by atoms with E-state index >= 15 is 0 Å². The van der Waals surface area contributed by atoms with Crippen LogP contribution in [0.1, 0.15) is 24.0 Å². The van der Waals surface area contributed by atoms with Gasteiger partial charge in [-0.2, -0.15) is 13.2 Å². The molecule has 0 heterocycles. The average molecular weight is 291 g/mol. The number of nitro groups is 1. The highest BCUT2D eigenvalue weighted by Crippen LogP contribution is 2.33. The first kappa shape index (κ1) is 15.9. The molecule has 1 rings (SSSR count). The molecule has 0 atom stereocenters. The molecule has 0 aliphatic carbocycles. The van der Waals surface area contributed by atoms with Gasteiger partial charge in [-0.25, -0.2) is 0 Å². The number of carbonyl (C=O) groups excluding carboxylic acids is 1. The highest BCUT2D eigenvalue weighted by atomic mass is 19.4. The van der Waals surface area contributed by atoms with Crippen molar-refractivity contribution in [3.63, 3.8) is 0 Å². The smallest absolute Gasteiger partial charge is 0.416 e. The van der Waals surface area contributed by atoms with Gasteiger partial charge in [0.05, 0.1) is 17.6 Å².